The van der Waals surface area contributed by atoms with E-state index in [1.807, 2.05) is 0 Å². The zero-order valence-electron chi connectivity index (χ0n) is 12.1. The molecule has 1 aromatic rings. The van der Waals surface area contributed by atoms with Crippen molar-refractivity contribution in [3.63, 3.8) is 0 Å². The molecule has 2 aliphatic rings. The quantitative estimate of drug-likeness (QED) is 0.903. The minimum Gasteiger partial charge on any atom is -0.310 e. The second-order valence-electron chi connectivity index (χ2n) is 5.78. The number of hydrogen-bond donors (Lipinski definition) is 1. The van der Waals surface area contributed by atoms with Crippen molar-refractivity contribution in [3.8, 4) is 0 Å². The third kappa shape index (κ3) is 4.18. The maximum absolute atomic E-state index is 4.76. The zero-order valence-corrected chi connectivity index (χ0v) is 13.7. The first-order chi connectivity index (χ1) is 9.92. The number of nitrogens with zero attached hydrogens (tertiary/aromatic N) is 2. The highest BCUT2D eigenvalue weighted by Crippen LogP contribution is 2.27. The SMILES string of the molecule is c1cn(C2CCCCC2)nc1CNCC1CSCCS1. The summed E-state index contributed by atoms with van der Waals surface area (Å²) in [5.74, 6) is 3.94. The predicted molar refractivity (Wildman–Crippen MR) is 89.6 cm³/mol. The molecule has 1 aliphatic heterocycles. The van der Waals surface area contributed by atoms with Gasteiger partial charge in [-0.2, -0.15) is 28.6 Å². The first kappa shape index (κ1) is 14.8. The van der Waals surface area contributed by atoms with E-state index >= 15 is 0 Å². The predicted octanol–water partition coefficient (Wildman–Crippen LogP) is 3.33. The lowest BCUT2D eigenvalue weighted by molar-refractivity contribution is 0.327. The molecule has 3 nitrogen and oxygen atoms in total. The summed E-state index contributed by atoms with van der Waals surface area (Å²) in [4.78, 5) is 0. The minimum absolute atomic E-state index is 0.655. The van der Waals surface area contributed by atoms with Crippen LogP contribution < -0.4 is 5.32 Å². The van der Waals surface area contributed by atoms with Crippen LogP contribution in [-0.4, -0.2) is 38.8 Å². The fourth-order valence-corrected chi connectivity index (χ4v) is 5.68. The van der Waals surface area contributed by atoms with Crippen molar-refractivity contribution in [1.29, 1.82) is 0 Å². The number of hydrogen-bond acceptors (Lipinski definition) is 4. The van der Waals surface area contributed by atoms with Gasteiger partial charge in [-0.05, 0) is 18.9 Å². The lowest BCUT2D eigenvalue weighted by atomic mass is 9.96. The van der Waals surface area contributed by atoms with Crippen LogP contribution in [0.2, 0.25) is 0 Å². The topological polar surface area (TPSA) is 29.9 Å². The molecule has 0 aromatic carbocycles. The Morgan fingerprint density at radius 1 is 1.25 bits per heavy atom. The molecule has 1 aromatic heterocycles. The van der Waals surface area contributed by atoms with Crippen molar-refractivity contribution in [2.75, 3.05) is 23.8 Å². The maximum atomic E-state index is 4.76. The van der Waals surface area contributed by atoms with Gasteiger partial charge in [0, 0.05) is 41.8 Å². The van der Waals surface area contributed by atoms with E-state index in [4.69, 9.17) is 5.10 Å². The second-order valence-corrected chi connectivity index (χ2v) is 8.34. The van der Waals surface area contributed by atoms with Gasteiger partial charge in [0.05, 0.1) is 11.7 Å². The average Bonchev–Trinajstić information content (AvgIpc) is 2.98. The molecule has 1 saturated carbocycles. The molecule has 2 heterocycles. The van der Waals surface area contributed by atoms with Crippen molar-refractivity contribution in [2.24, 2.45) is 0 Å². The summed E-state index contributed by atoms with van der Waals surface area (Å²) in [5.41, 5.74) is 1.20. The highest BCUT2D eigenvalue weighted by Gasteiger charge is 2.16. The highest BCUT2D eigenvalue weighted by atomic mass is 32.2. The molecule has 20 heavy (non-hydrogen) atoms. The van der Waals surface area contributed by atoms with Crippen LogP contribution in [0.5, 0.6) is 0 Å². The van der Waals surface area contributed by atoms with E-state index in [9.17, 15) is 0 Å². The van der Waals surface area contributed by atoms with Gasteiger partial charge in [0.15, 0.2) is 0 Å². The monoisotopic (exact) mass is 311 g/mol. The van der Waals surface area contributed by atoms with Crippen LogP contribution in [0.4, 0.5) is 0 Å². The van der Waals surface area contributed by atoms with Gasteiger partial charge in [0.2, 0.25) is 0 Å². The molecule has 0 spiro atoms. The Balaban J connectivity index is 1.42. The van der Waals surface area contributed by atoms with E-state index in [1.165, 1.54) is 55.1 Å². The Kier molecular flexibility index (Phi) is 5.74. The van der Waals surface area contributed by atoms with E-state index in [1.54, 1.807) is 0 Å². The van der Waals surface area contributed by atoms with Crippen LogP contribution in [0.3, 0.4) is 0 Å². The zero-order chi connectivity index (χ0) is 13.6. The fraction of sp³-hybridized carbons (Fsp3) is 0.800. The van der Waals surface area contributed by atoms with Gasteiger partial charge in [-0.25, -0.2) is 0 Å². The highest BCUT2D eigenvalue weighted by molar-refractivity contribution is 8.06. The molecule has 0 radical (unpaired) electrons. The number of aromatic nitrogens is 2. The van der Waals surface area contributed by atoms with E-state index in [-0.39, 0.29) is 0 Å². The van der Waals surface area contributed by atoms with Gasteiger partial charge >= 0.3 is 0 Å². The minimum atomic E-state index is 0.655. The van der Waals surface area contributed by atoms with Gasteiger partial charge < -0.3 is 5.32 Å². The molecule has 1 aliphatic carbocycles. The smallest absolute Gasteiger partial charge is 0.0762 e. The number of nitrogens with one attached hydrogen (secondary N) is 1. The van der Waals surface area contributed by atoms with Crippen LogP contribution in [0.15, 0.2) is 12.3 Å². The molecule has 0 bridgehead atoms. The summed E-state index contributed by atoms with van der Waals surface area (Å²) < 4.78 is 2.21. The largest absolute Gasteiger partial charge is 0.310 e. The first-order valence-corrected chi connectivity index (χ1v) is 10.1. The van der Waals surface area contributed by atoms with E-state index in [2.05, 4.69) is 45.8 Å². The summed E-state index contributed by atoms with van der Waals surface area (Å²) in [6.07, 6.45) is 8.94. The van der Waals surface area contributed by atoms with Gasteiger partial charge in [-0.15, -0.1) is 0 Å². The lowest BCUT2D eigenvalue weighted by Gasteiger charge is -2.22. The summed E-state index contributed by atoms with van der Waals surface area (Å²) in [7, 11) is 0. The van der Waals surface area contributed by atoms with Gasteiger partial charge in [0.1, 0.15) is 0 Å². The molecule has 1 saturated heterocycles. The third-order valence-corrected chi connectivity index (χ3v) is 7.02. The molecule has 2 fully saturated rings. The average molecular weight is 312 g/mol. The van der Waals surface area contributed by atoms with Crippen LogP contribution >= 0.6 is 23.5 Å². The molecule has 112 valence electrons. The van der Waals surface area contributed by atoms with Crippen LogP contribution in [0, 0.1) is 0 Å². The van der Waals surface area contributed by atoms with Gasteiger partial charge in [0.25, 0.3) is 0 Å². The Hall–Kier alpha value is -0.130. The van der Waals surface area contributed by atoms with Crippen molar-refractivity contribution in [1.82, 2.24) is 15.1 Å². The van der Waals surface area contributed by atoms with Crippen molar-refractivity contribution in [2.45, 2.75) is 49.9 Å². The molecule has 1 atom stereocenters. The standard InChI is InChI=1S/C15H25N3S2/c1-2-4-14(5-3-1)18-7-6-13(17-18)10-16-11-15-12-19-8-9-20-15/h6-7,14-16H,1-5,8-12H2. The molecular weight excluding hydrogens is 286 g/mol. The molecule has 1 N–H and O–H groups in total. The Bertz CT molecular complexity index is 396. The molecule has 5 heteroatoms. The summed E-state index contributed by atoms with van der Waals surface area (Å²) in [5, 5.41) is 9.12. The first-order valence-electron chi connectivity index (χ1n) is 7.86. The van der Waals surface area contributed by atoms with Crippen molar-refractivity contribution in [3.05, 3.63) is 18.0 Å². The summed E-state index contributed by atoms with van der Waals surface area (Å²) in [6.45, 7) is 2.04. The second kappa shape index (κ2) is 7.76. The van der Waals surface area contributed by atoms with E-state index in [0.717, 1.165) is 18.3 Å². The Morgan fingerprint density at radius 3 is 2.95 bits per heavy atom. The third-order valence-electron chi connectivity index (χ3n) is 4.18. The van der Waals surface area contributed by atoms with Crippen LogP contribution in [0.1, 0.15) is 43.8 Å². The van der Waals surface area contributed by atoms with Crippen molar-refractivity contribution >= 4 is 23.5 Å². The van der Waals surface area contributed by atoms with Crippen molar-refractivity contribution < 1.29 is 0 Å². The fourth-order valence-electron chi connectivity index (χ4n) is 3.04. The Labute approximate surface area is 130 Å². The lowest BCUT2D eigenvalue weighted by Crippen LogP contribution is -2.28. The van der Waals surface area contributed by atoms with E-state index in [0.29, 0.717) is 6.04 Å². The summed E-state index contributed by atoms with van der Waals surface area (Å²) in [6, 6.07) is 2.84. The molecule has 0 amide bonds. The maximum Gasteiger partial charge on any atom is 0.0762 e. The molecule has 3 rings (SSSR count). The summed E-state index contributed by atoms with van der Waals surface area (Å²) >= 11 is 4.21. The van der Waals surface area contributed by atoms with Crippen LogP contribution in [-0.2, 0) is 6.54 Å². The Morgan fingerprint density at radius 2 is 2.15 bits per heavy atom. The number of rotatable bonds is 5. The van der Waals surface area contributed by atoms with Gasteiger partial charge in [-0.1, -0.05) is 19.3 Å². The molecule has 1 unspecified atom stereocenters. The van der Waals surface area contributed by atoms with Gasteiger partial charge in [-0.3, -0.25) is 4.68 Å². The normalized spacial score (nSPS) is 24.9. The molecular formula is C15H25N3S2. The van der Waals surface area contributed by atoms with Crippen LogP contribution in [0.25, 0.3) is 0 Å². The number of thioether (sulfide) groups is 2. The van der Waals surface area contributed by atoms with E-state index < -0.39 is 0 Å².